The van der Waals surface area contributed by atoms with Crippen LogP contribution in [0.25, 0.3) is 10.9 Å². The number of fused-ring (bicyclic) bond motifs is 2. The summed E-state index contributed by atoms with van der Waals surface area (Å²) in [6, 6.07) is 8.03. The number of halogens is 8. The molecule has 0 bridgehead atoms. The number of para-hydroxylation sites is 1. The van der Waals surface area contributed by atoms with Crippen molar-refractivity contribution in [3.05, 3.63) is 116 Å². The Hall–Kier alpha value is -4.75. The van der Waals surface area contributed by atoms with Gasteiger partial charge in [0.25, 0.3) is 11.5 Å². The Balaban J connectivity index is 1.51. The largest absolute Gasteiger partial charge is 0.480 e. The summed E-state index contributed by atoms with van der Waals surface area (Å²) in [4.78, 5) is 38.1. The molecule has 4 aromatic rings. The molecular formula is C31H22F8N2O4. The molecule has 45 heavy (non-hydrogen) atoms. The van der Waals surface area contributed by atoms with Crippen LogP contribution in [0.4, 0.5) is 35.1 Å². The monoisotopic (exact) mass is 638 g/mol. The van der Waals surface area contributed by atoms with E-state index in [1.54, 1.807) is 0 Å². The third kappa shape index (κ3) is 5.76. The normalized spacial score (nSPS) is 15.6. The first-order valence-corrected chi connectivity index (χ1v) is 13.4. The minimum atomic E-state index is -5.11. The number of aryl methyl sites for hydroxylation is 1. The number of aliphatic carboxylic acids is 1. The number of amides is 1. The summed E-state index contributed by atoms with van der Waals surface area (Å²) in [7, 11) is 1.36. The van der Waals surface area contributed by atoms with Crippen molar-refractivity contribution in [2.45, 2.75) is 43.6 Å². The molecule has 0 aliphatic heterocycles. The zero-order valence-corrected chi connectivity index (χ0v) is 23.1. The molecule has 0 saturated heterocycles. The van der Waals surface area contributed by atoms with Crippen LogP contribution < -0.4 is 10.9 Å². The molecule has 1 aromatic heterocycles. The van der Waals surface area contributed by atoms with Crippen molar-refractivity contribution in [3.63, 3.8) is 0 Å². The molecule has 236 valence electrons. The highest BCUT2D eigenvalue weighted by atomic mass is 19.4. The van der Waals surface area contributed by atoms with Gasteiger partial charge in [0.15, 0.2) is 0 Å². The summed E-state index contributed by atoms with van der Waals surface area (Å²) in [5.74, 6) is -7.99. The summed E-state index contributed by atoms with van der Waals surface area (Å²) >= 11 is 0. The van der Waals surface area contributed by atoms with Gasteiger partial charge in [-0.3, -0.25) is 9.59 Å². The molecule has 0 fully saturated rings. The number of carboxylic acids is 1. The van der Waals surface area contributed by atoms with Crippen LogP contribution in [-0.2, 0) is 37.0 Å². The van der Waals surface area contributed by atoms with Crippen LogP contribution in [0.5, 0.6) is 0 Å². The van der Waals surface area contributed by atoms with Gasteiger partial charge in [-0.2, -0.15) is 26.3 Å². The van der Waals surface area contributed by atoms with E-state index in [-0.39, 0.29) is 41.4 Å². The van der Waals surface area contributed by atoms with Crippen LogP contribution in [0.1, 0.15) is 56.1 Å². The average Bonchev–Trinajstić information content (AvgIpc) is 3.37. The quantitative estimate of drug-likeness (QED) is 0.241. The number of nitrogens with zero attached hydrogens (tertiary/aromatic N) is 1. The smallest absolute Gasteiger partial charge is 0.417 e. The number of rotatable bonds is 6. The first kappa shape index (κ1) is 31.7. The number of aromatic nitrogens is 1. The Morgan fingerprint density at radius 1 is 0.978 bits per heavy atom. The lowest BCUT2D eigenvalue weighted by Gasteiger charge is -2.22. The van der Waals surface area contributed by atoms with Gasteiger partial charge in [-0.1, -0.05) is 36.4 Å². The third-order valence-corrected chi connectivity index (χ3v) is 7.96. The number of carbonyl (C=O) groups excluding carboxylic acids is 1. The number of hydrogen-bond acceptors (Lipinski definition) is 3. The molecule has 5 rings (SSSR count). The number of hydrogen-bond donors (Lipinski definition) is 2. The van der Waals surface area contributed by atoms with E-state index in [0.29, 0.717) is 11.1 Å². The predicted molar refractivity (Wildman–Crippen MR) is 145 cm³/mol. The predicted octanol–water partition coefficient (Wildman–Crippen LogP) is 6.36. The van der Waals surface area contributed by atoms with Gasteiger partial charge in [-0.25, -0.2) is 13.6 Å². The molecule has 3 aromatic carbocycles. The van der Waals surface area contributed by atoms with Gasteiger partial charge >= 0.3 is 18.3 Å². The van der Waals surface area contributed by atoms with Crippen molar-refractivity contribution in [1.29, 1.82) is 0 Å². The molecule has 2 atom stereocenters. The lowest BCUT2D eigenvalue weighted by Crippen LogP contribution is -2.43. The number of carboxylic acid groups (broad SMARTS) is 1. The number of pyridine rings is 1. The minimum absolute atomic E-state index is 0.0785. The Labute approximate surface area is 248 Å². The van der Waals surface area contributed by atoms with E-state index < -0.39 is 82.1 Å². The first-order valence-electron chi connectivity index (χ1n) is 13.4. The molecule has 6 nitrogen and oxygen atoms in total. The summed E-state index contributed by atoms with van der Waals surface area (Å²) < 4.78 is 112. The summed E-state index contributed by atoms with van der Waals surface area (Å²) in [5, 5.41) is 11.5. The zero-order valence-electron chi connectivity index (χ0n) is 23.1. The van der Waals surface area contributed by atoms with Gasteiger partial charge in [0.05, 0.1) is 16.6 Å². The van der Waals surface area contributed by atoms with Crippen LogP contribution in [-0.4, -0.2) is 27.6 Å². The van der Waals surface area contributed by atoms with E-state index in [1.807, 2.05) is 5.32 Å². The van der Waals surface area contributed by atoms with Gasteiger partial charge in [0.2, 0.25) is 0 Å². The summed E-state index contributed by atoms with van der Waals surface area (Å²) in [5.41, 5.74) is -4.32. The van der Waals surface area contributed by atoms with Crippen LogP contribution >= 0.6 is 0 Å². The Morgan fingerprint density at radius 2 is 1.62 bits per heavy atom. The minimum Gasteiger partial charge on any atom is -0.480 e. The average molecular weight is 639 g/mol. The highest BCUT2D eigenvalue weighted by Crippen LogP contribution is 2.45. The topological polar surface area (TPSA) is 88.4 Å². The van der Waals surface area contributed by atoms with Crippen molar-refractivity contribution >= 4 is 22.8 Å². The Bertz CT molecular complexity index is 1890. The zero-order chi connectivity index (χ0) is 33.0. The lowest BCUT2D eigenvalue weighted by molar-refractivity contribution is -0.139. The number of carbonyl (C=O) groups is 2. The fraction of sp³-hybridized carbons (Fsp3) is 0.258. The maximum absolute atomic E-state index is 14.5. The SMILES string of the molecule is Cn1c(=O)c(C2CCc3c(C[C@H](NC(=O)c4c(F)cc(C(F)(F)F)cc4F)C(=O)O)cccc32)c(C(F)(F)F)c2ccccc21. The van der Waals surface area contributed by atoms with E-state index in [0.717, 1.165) is 4.57 Å². The van der Waals surface area contributed by atoms with Gasteiger partial charge < -0.3 is 15.0 Å². The third-order valence-electron chi connectivity index (χ3n) is 7.96. The molecule has 1 aliphatic rings. The summed E-state index contributed by atoms with van der Waals surface area (Å²) in [6.07, 6.45) is -10.3. The molecule has 14 heteroatoms. The first-order chi connectivity index (χ1) is 21.0. The maximum atomic E-state index is 14.5. The van der Waals surface area contributed by atoms with E-state index in [2.05, 4.69) is 0 Å². The molecule has 1 unspecified atom stereocenters. The molecule has 1 aliphatic carbocycles. The highest BCUT2D eigenvalue weighted by Gasteiger charge is 2.42. The van der Waals surface area contributed by atoms with Crippen molar-refractivity contribution < 1.29 is 49.8 Å². The van der Waals surface area contributed by atoms with Gasteiger partial charge in [0, 0.05) is 30.3 Å². The Kier molecular flexibility index (Phi) is 7.96. The van der Waals surface area contributed by atoms with Gasteiger partial charge in [-0.05, 0) is 47.7 Å². The fourth-order valence-electron chi connectivity index (χ4n) is 5.97. The molecule has 2 N–H and O–H groups in total. The van der Waals surface area contributed by atoms with Crippen LogP contribution in [0.2, 0.25) is 0 Å². The number of nitrogens with one attached hydrogen (secondary N) is 1. The standard InChI is InChI=1S/C31H22F8N2O4/c1-41-23-8-3-2-6-19(23)26(31(37,38)39)24(28(41)43)18-10-9-16-14(5-4-7-17(16)18)11-22(29(44)45)40-27(42)25-20(32)12-15(13-21(25)33)30(34,35)36/h2-8,12-13,18,22H,9-11H2,1H3,(H,40,42)(H,44,45)/t18?,22-/m0/s1. The Morgan fingerprint density at radius 3 is 2.22 bits per heavy atom. The number of benzene rings is 3. The van der Waals surface area contributed by atoms with Crippen LogP contribution in [0.15, 0.2) is 59.4 Å². The van der Waals surface area contributed by atoms with Crippen molar-refractivity contribution in [2.75, 3.05) is 0 Å². The van der Waals surface area contributed by atoms with E-state index in [1.165, 1.54) is 49.5 Å². The van der Waals surface area contributed by atoms with Crippen LogP contribution in [0, 0.1) is 11.6 Å². The van der Waals surface area contributed by atoms with Crippen molar-refractivity contribution in [3.8, 4) is 0 Å². The molecular weight excluding hydrogens is 616 g/mol. The molecule has 1 amide bonds. The molecule has 0 saturated carbocycles. The maximum Gasteiger partial charge on any atom is 0.417 e. The molecule has 1 heterocycles. The second-order valence-corrected chi connectivity index (χ2v) is 10.6. The highest BCUT2D eigenvalue weighted by molar-refractivity contribution is 5.97. The second kappa shape index (κ2) is 11.3. The number of alkyl halides is 6. The fourth-order valence-corrected chi connectivity index (χ4v) is 5.97. The van der Waals surface area contributed by atoms with E-state index in [9.17, 15) is 54.6 Å². The van der Waals surface area contributed by atoms with Crippen molar-refractivity contribution in [1.82, 2.24) is 9.88 Å². The van der Waals surface area contributed by atoms with E-state index >= 15 is 0 Å². The second-order valence-electron chi connectivity index (χ2n) is 10.6. The van der Waals surface area contributed by atoms with E-state index in [4.69, 9.17) is 0 Å². The van der Waals surface area contributed by atoms with Gasteiger partial charge in [0.1, 0.15) is 23.2 Å². The lowest BCUT2D eigenvalue weighted by atomic mass is 9.87. The summed E-state index contributed by atoms with van der Waals surface area (Å²) in [6.45, 7) is 0. The van der Waals surface area contributed by atoms with Crippen molar-refractivity contribution in [2.24, 2.45) is 7.05 Å². The van der Waals surface area contributed by atoms with Crippen LogP contribution in [0.3, 0.4) is 0 Å². The molecule has 0 radical (unpaired) electrons. The molecule has 0 spiro atoms. The van der Waals surface area contributed by atoms with Gasteiger partial charge in [-0.15, -0.1) is 0 Å².